The highest BCUT2D eigenvalue weighted by Crippen LogP contribution is 2.31. The average molecular weight is 338 g/mol. The highest BCUT2D eigenvalue weighted by atomic mass is 35.5. The van der Waals surface area contributed by atoms with Gasteiger partial charge >= 0.3 is 12.3 Å². The van der Waals surface area contributed by atoms with Crippen LogP contribution in [-0.4, -0.2) is 33.1 Å². The molecule has 9 heteroatoms. The van der Waals surface area contributed by atoms with Gasteiger partial charge in [-0.05, 0) is 27.2 Å². The Labute approximate surface area is 130 Å². The van der Waals surface area contributed by atoms with Gasteiger partial charge in [0.05, 0.1) is 12.2 Å². The first-order valence-corrected chi connectivity index (χ1v) is 6.95. The minimum absolute atomic E-state index is 0.0877. The maximum Gasteiger partial charge on any atom is 0.451 e. The number of halogens is 4. The van der Waals surface area contributed by atoms with E-state index < -0.39 is 23.7 Å². The summed E-state index contributed by atoms with van der Waals surface area (Å²) in [4.78, 5) is 20.1. The molecule has 0 saturated heterocycles. The second-order valence-electron chi connectivity index (χ2n) is 5.91. The number of alkyl halides is 3. The van der Waals surface area contributed by atoms with Crippen molar-refractivity contribution in [2.75, 3.05) is 6.54 Å². The van der Waals surface area contributed by atoms with Gasteiger partial charge in [0, 0.05) is 12.1 Å². The lowest BCUT2D eigenvalue weighted by atomic mass is 10.1. The third-order valence-electron chi connectivity index (χ3n) is 2.92. The van der Waals surface area contributed by atoms with Crippen LogP contribution in [-0.2, 0) is 23.9 Å². The van der Waals surface area contributed by atoms with Crippen LogP contribution < -0.4 is 0 Å². The molecule has 0 spiro atoms. The summed E-state index contributed by atoms with van der Waals surface area (Å²) >= 11 is 5.80. The Balaban J connectivity index is 2.26. The first-order valence-electron chi connectivity index (χ1n) is 6.58. The zero-order valence-corrected chi connectivity index (χ0v) is 13.0. The zero-order valence-electron chi connectivity index (χ0n) is 12.3. The van der Waals surface area contributed by atoms with Crippen LogP contribution in [0.25, 0.3) is 0 Å². The van der Waals surface area contributed by atoms with Gasteiger partial charge in [-0.3, -0.25) is 0 Å². The summed E-state index contributed by atoms with van der Waals surface area (Å²) in [5.74, 6) is -1.30. The SMILES string of the molecule is CC(C)(C)OC(=O)N1CCc2c(Cl)nc(C(F)(F)F)nc2C1. The van der Waals surface area contributed by atoms with Crippen LogP contribution >= 0.6 is 11.6 Å². The molecule has 122 valence electrons. The number of hydrogen-bond donors (Lipinski definition) is 0. The Kier molecular flexibility index (Phi) is 4.25. The Morgan fingerprint density at radius 3 is 2.45 bits per heavy atom. The smallest absolute Gasteiger partial charge is 0.444 e. The van der Waals surface area contributed by atoms with E-state index in [1.54, 1.807) is 20.8 Å². The Morgan fingerprint density at radius 2 is 1.91 bits per heavy atom. The lowest BCUT2D eigenvalue weighted by Crippen LogP contribution is -2.40. The highest BCUT2D eigenvalue weighted by Gasteiger charge is 2.37. The molecule has 0 atom stereocenters. The second kappa shape index (κ2) is 5.57. The summed E-state index contributed by atoms with van der Waals surface area (Å²) in [7, 11) is 0. The predicted octanol–water partition coefficient (Wildman–Crippen LogP) is 3.44. The van der Waals surface area contributed by atoms with Gasteiger partial charge in [-0.15, -0.1) is 0 Å². The minimum atomic E-state index is -4.69. The van der Waals surface area contributed by atoms with Crippen LogP contribution in [0.1, 0.15) is 37.9 Å². The van der Waals surface area contributed by atoms with E-state index in [-0.39, 0.29) is 30.4 Å². The van der Waals surface area contributed by atoms with Crippen LogP contribution in [0.5, 0.6) is 0 Å². The molecule has 1 aliphatic heterocycles. The number of carbonyl (C=O) groups excluding carboxylic acids is 1. The van der Waals surface area contributed by atoms with Crippen molar-refractivity contribution in [1.29, 1.82) is 0 Å². The summed E-state index contributed by atoms with van der Waals surface area (Å²) in [6.07, 6.45) is -5.00. The highest BCUT2D eigenvalue weighted by molar-refractivity contribution is 6.30. The summed E-state index contributed by atoms with van der Waals surface area (Å²) < 4.78 is 43.4. The number of aromatic nitrogens is 2. The second-order valence-corrected chi connectivity index (χ2v) is 6.27. The van der Waals surface area contributed by atoms with E-state index in [0.29, 0.717) is 5.56 Å². The van der Waals surface area contributed by atoms with E-state index in [2.05, 4.69) is 9.97 Å². The maximum absolute atomic E-state index is 12.7. The van der Waals surface area contributed by atoms with Crippen LogP contribution in [0.4, 0.5) is 18.0 Å². The lowest BCUT2D eigenvalue weighted by molar-refractivity contribution is -0.145. The first kappa shape index (κ1) is 16.8. The summed E-state index contributed by atoms with van der Waals surface area (Å²) in [6, 6.07) is 0. The van der Waals surface area contributed by atoms with E-state index in [0.717, 1.165) is 0 Å². The topological polar surface area (TPSA) is 55.3 Å². The number of nitrogens with zero attached hydrogens (tertiary/aromatic N) is 3. The van der Waals surface area contributed by atoms with Gasteiger partial charge in [0.2, 0.25) is 5.82 Å². The molecule has 0 radical (unpaired) electrons. The third-order valence-corrected chi connectivity index (χ3v) is 3.23. The normalized spacial score (nSPS) is 15.5. The van der Waals surface area contributed by atoms with Crippen molar-refractivity contribution >= 4 is 17.7 Å². The molecule has 0 aliphatic carbocycles. The number of amides is 1. The molecule has 22 heavy (non-hydrogen) atoms. The van der Waals surface area contributed by atoms with E-state index >= 15 is 0 Å². The standard InChI is InChI=1S/C13H15ClF3N3O2/c1-12(2,3)22-11(21)20-5-4-7-8(6-20)18-10(13(15,16)17)19-9(7)14/h4-6H2,1-3H3. The molecule has 0 bridgehead atoms. The van der Waals surface area contributed by atoms with Gasteiger partial charge < -0.3 is 9.64 Å². The summed E-state index contributed by atoms with van der Waals surface area (Å²) in [5.41, 5.74) is -0.142. The number of rotatable bonds is 0. The van der Waals surface area contributed by atoms with E-state index in [1.165, 1.54) is 4.90 Å². The monoisotopic (exact) mass is 337 g/mol. The zero-order chi connectivity index (χ0) is 16.7. The minimum Gasteiger partial charge on any atom is -0.444 e. The van der Waals surface area contributed by atoms with E-state index in [1.807, 2.05) is 0 Å². The molecule has 0 fully saturated rings. The predicted molar refractivity (Wildman–Crippen MR) is 72.4 cm³/mol. The molecule has 1 aromatic rings. The van der Waals surface area contributed by atoms with Gasteiger partial charge in [0.25, 0.3) is 0 Å². The van der Waals surface area contributed by atoms with E-state index in [4.69, 9.17) is 16.3 Å². The molecular formula is C13H15ClF3N3O2. The van der Waals surface area contributed by atoms with Gasteiger partial charge in [-0.2, -0.15) is 13.2 Å². The van der Waals surface area contributed by atoms with Crippen LogP contribution in [0.3, 0.4) is 0 Å². The molecule has 5 nitrogen and oxygen atoms in total. The summed E-state index contributed by atoms with van der Waals surface area (Å²) in [6.45, 7) is 5.34. The molecule has 1 aromatic heterocycles. The van der Waals surface area contributed by atoms with Crippen molar-refractivity contribution in [3.8, 4) is 0 Å². The van der Waals surface area contributed by atoms with Crippen molar-refractivity contribution in [1.82, 2.24) is 14.9 Å². The Morgan fingerprint density at radius 1 is 1.27 bits per heavy atom. The van der Waals surface area contributed by atoms with Crippen LogP contribution in [0.2, 0.25) is 5.15 Å². The fourth-order valence-electron chi connectivity index (χ4n) is 1.99. The quantitative estimate of drug-likeness (QED) is 0.680. The lowest BCUT2D eigenvalue weighted by Gasteiger charge is -2.31. The van der Waals surface area contributed by atoms with Crippen LogP contribution in [0, 0.1) is 0 Å². The maximum atomic E-state index is 12.7. The van der Waals surface area contributed by atoms with Crippen molar-refractivity contribution in [2.45, 2.75) is 45.5 Å². The molecule has 1 aliphatic rings. The van der Waals surface area contributed by atoms with Crippen molar-refractivity contribution in [3.63, 3.8) is 0 Å². The van der Waals surface area contributed by atoms with Crippen molar-refractivity contribution < 1.29 is 22.7 Å². The fourth-order valence-corrected chi connectivity index (χ4v) is 2.28. The molecule has 0 aromatic carbocycles. The van der Waals surface area contributed by atoms with Gasteiger partial charge in [-0.25, -0.2) is 14.8 Å². The molecule has 0 unspecified atom stereocenters. The summed E-state index contributed by atoms with van der Waals surface area (Å²) in [5, 5.41) is -0.221. The molecule has 0 saturated carbocycles. The number of ether oxygens (including phenoxy) is 1. The average Bonchev–Trinajstić information content (AvgIpc) is 2.34. The van der Waals surface area contributed by atoms with Crippen molar-refractivity contribution in [3.05, 3.63) is 22.2 Å². The third kappa shape index (κ3) is 3.79. The van der Waals surface area contributed by atoms with E-state index in [9.17, 15) is 18.0 Å². The molecule has 1 amide bonds. The van der Waals surface area contributed by atoms with Crippen LogP contribution in [0.15, 0.2) is 0 Å². The largest absolute Gasteiger partial charge is 0.451 e. The van der Waals surface area contributed by atoms with Crippen molar-refractivity contribution in [2.24, 2.45) is 0 Å². The molecular weight excluding hydrogens is 323 g/mol. The first-order chi connectivity index (χ1) is 9.97. The molecule has 2 heterocycles. The molecule has 0 N–H and O–H groups in total. The number of fused-ring (bicyclic) bond motifs is 1. The number of carbonyl (C=O) groups is 1. The van der Waals surface area contributed by atoms with Gasteiger partial charge in [0.1, 0.15) is 10.8 Å². The fraction of sp³-hybridized carbons (Fsp3) is 0.615. The molecule has 2 rings (SSSR count). The van der Waals surface area contributed by atoms with Gasteiger partial charge in [-0.1, -0.05) is 11.6 Å². The number of hydrogen-bond acceptors (Lipinski definition) is 4. The Bertz CT molecular complexity index is 599. The Hall–Kier alpha value is -1.57. The van der Waals surface area contributed by atoms with Gasteiger partial charge in [0.15, 0.2) is 0 Å².